The van der Waals surface area contributed by atoms with Crippen molar-refractivity contribution in [1.29, 1.82) is 0 Å². The number of aromatic amines is 1. The molecule has 0 aliphatic carbocycles. The van der Waals surface area contributed by atoms with Gasteiger partial charge in [0, 0.05) is 49.7 Å². The smallest absolute Gasteiger partial charge is 0.328 e. The molecule has 1 aromatic carbocycles. The maximum atomic E-state index is 13.0. The number of benzene rings is 1. The normalized spacial score (nSPS) is 11.9. The number of H-pyrrole nitrogens is 1. The Morgan fingerprint density at radius 1 is 1.13 bits per heavy atom. The highest BCUT2D eigenvalue weighted by atomic mass is 19.4. The molecule has 2 aromatic heterocycles. The standard InChI is InChI=1S/C20H22F3N5O2/c1-13(2)28-12-16(20(21,22)23)25-18(28)15-5-3-14(4-6-15)11-24-8-10-27-9-7-17(29)26-19(27)30/h3-7,9,12-13,24H,8,10-11H2,1-2H3,(H,26,29,30). The van der Waals surface area contributed by atoms with Crippen molar-refractivity contribution in [2.45, 2.75) is 39.2 Å². The van der Waals surface area contributed by atoms with Crippen LogP contribution in [0.3, 0.4) is 0 Å². The molecule has 10 heteroatoms. The monoisotopic (exact) mass is 421 g/mol. The summed E-state index contributed by atoms with van der Waals surface area (Å²) in [5, 5.41) is 3.18. The van der Waals surface area contributed by atoms with Gasteiger partial charge in [-0.05, 0) is 19.4 Å². The molecule has 2 heterocycles. The highest BCUT2D eigenvalue weighted by Gasteiger charge is 2.35. The van der Waals surface area contributed by atoms with Crippen molar-refractivity contribution in [2.75, 3.05) is 6.54 Å². The summed E-state index contributed by atoms with van der Waals surface area (Å²) in [6, 6.07) is 8.24. The summed E-state index contributed by atoms with van der Waals surface area (Å²) in [5.74, 6) is 0.272. The van der Waals surface area contributed by atoms with Gasteiger partial charge in [0.25, 0.3) is 5.56 Å². The van der Waals surface area contributed by atoms with E-state index in [0.717, 1.165) is 11.8 Å². The molecule has 0 unspecified atom stereocenters. The summed E-state index contributed by atoms with van der Waals surface area (Å²) in [6.07, 6.45) is -2.02. The molecular weight excluding hydrogens is 399 g/mol. The molecule has 0 aliphatic heterocycles. The van der Waals surface area contributed by atoms with Gasteiger partial charge in [-0.3, -0.25) is 14.3 Å². The molecule has 0 atom stereocenters. The van der Waals surface area contributed by atoms with E-state index in [-0.39, 0.29) is 11.9 Å². The second kappa shape index (κ2) is 8.70. The predicted octanol–water partition coefficient (Wildman–Crippen LogP) is 2.79. The van der Waals surface area contributed by atoms with Gasteiger partial charge in [0.05, 0.1) is 0 Å². The van der Waals surface area contributed by atoms with Gasteiger partial charge in [-0.1, -0.05) is 24.3 Å². The number of hydrogen-bond donors (Lipinski definition) is 2. The first-order valence-corrected chi connectivity index (χ1v) is 9.41. The Labute approximate surface area is 170 Å². The van der Waals surface area contributed by atoms with Gasteiger partial charge in [-0.25, -0.2) is 9.78 Å². The Morgan fingerprint density at radius 2 is 1.83 bits per heavy atom. The minimum atomic E-state index is -4.49. The van der Waals surface area contributed by atoms with E-state index < -0.39 is 23.1 Å². The molecular formula is C20H22F3N5O2. The first-order valence-electron chi connectivity index (χ1n) is 9.41. The van der Waals surface area contributed by atoms with Crippen LogP contribution in [-0.2, 0) is 19.3 Å². The van der Waals surface area contributed by atoms with Gasteiger partial charge in [0.2, 0.25) is 0 Å². The van der Waals surface area contributed by atoms with Crippen molar-refractivity contribution in [2.24, 2.45) is 0 Å². The van der Waals surface area contributed by atoms with E-state index >= 15 is 0 Å². The molecule has 30 heavy (non-hydrogen) atoms. The number of aromatic nitrogens is 4. The van der Waals surface area contributed by atoms with Crippen LogP contribution < -0.4 is 16.6 Å². The molecule has 3 aromatic rings. The second-order valence-corrected chi connectivity index (χ2v) is 7.13. The van der Waals surface area contributed by atoms with Gasteiger partial charge in [0.1, 0.15) is 5.82 Å². The number of nitrogens with zero attached hydrogens (tertiary/aromatic N) is 3. The van der Waals surface area contributed by atoms with Crippen LogP contribution in [0, 0.1) is 0 Å². The number of alkyl halides is 3. The molecule has 0 bridgehead atoms. The molecule has 0 radical (unpaired) electrons. The van der Waals surface area contributed by atoms with Crippen LogP contribution >= 0.6 is 0 Å². The number of imidazole rings is 1. The molecule has 3 rings (SSSR count). The zero-order chi connectivity index (χ0) is 21.9. The van der Waals surface area contributed by atoms with E-state index in [2.05, 4.69) is 15.3 Å². The number of nitrogens with one attached hydrogen (secondary N) is 2. The van der Waals surface area contributed by atoms with Crippen molar-refractivity contribution >= 4 is 0 Å². The van der Waals surface area contributed by atoms with E-state index in [4.69, 9.17) is 0 Å². The lowest BCUT2D eigenvalue weighted by atomic mass is 10.1. The largest absolute Gasteiger partial charge is 0.434 e. The summed E-state index contributed by atoms with van der Waals surface area (Å²) in [7, 11) is 0. The van der Waals surface area contributed by atoms with E-state index in [9.17, 15) is 22.8 Å². The Bertz CT molecular complexity index is 1110. The fourth-order valence-corrected chi connectivity index (χ4v) is 2.96. The maximum absolute atomic E-state index is 13.0. The van der Waals surface area contributed by atoms with Crippen molar-refractivity contribution in [3.63, 3.8) is 0 Å². The Balaban J connectivity index is 1.64. The molecule has 0 fully saturated rings. The summed E-state index contributed by atoms with van der Waals surface area (Å²) in [5.41, 5.74) is -0.277. The topological polar surface area (TPSA) is 84.7 Å². The molecule has 0 spiro atoms. The van der Waals surface area contributed by atoms with Crippen molar-refractivity contribution < 1.29 is 13.2 Å². The van der Waals surface area contributed by atoms with Gasteiger partial charge in [0.15, 0.2) is 5.69 Å². The van der Waals surface area contributed by atoms with Gasteiger partial charge < -0.3 is 9.88 Å². The van der Waals surface area contributed by atoms with E-state index in [1.807, 2.05) is 12.1 Å². The summed E-state index contributed by atoms with van der Waals surface area (Å²) < 4.78 is 42.0. The molecule has 160 valence electrons. The lowest BCUT2D eigenvalue weighted by molar-refractivity contribution is -0.140. The van der Waals surface area contributed by atoms with Crippen LogP contribution in [-0.4, -0.2) is 25.6 Å². The van der Waals surface area contributed by atoms with E-state index in [1.165, 1.54) is 21.4 Å². The van der Waals surface area contributed by atoms with Crippen molar-refractivity contribution in [1.82, 2.24) is 24.4 Å². The lowest BCUT2D eigenvalue weighted by Crippen LogP contribution is -2.31. The molecule has 0 saturated carbocycles. The first-order chi connectivity index (χ1) is 14.1. The average molecular weight is 421 g/mol. The zero-order valence-electron chi connectivity index (χ0n) is 16.5. The van der Waals surface area contributed by atoms with E-state index in [0.29, 0.717) is 25.2 Å². The summed E-state index contributed by atoms with van der Waals surface area (Å²) >= 11 is 0. The minimum Gasteiger partial charge on any atom is -0.328 e. The summed E-state index contributed by atoms with van der Waals surface area (Å²) in [4.78, 5) is 28.6. The van der Waals surface area contributed by atoms with Gasteiger partial charge in [-0.2, -0.15) is 13.2 Å². The molecule has 0 saturated heterocycles. The van der Waals surface area contributed by atoms with Crippen LogP contribution in [0.1, 0.15) is 31.1 Å². The van der Waals surface area contributed by atoms with Crippen LogP contribution in [0.2, 0.25) is 0 Å². The SMILES string of the molecule is CC(C)n1cc(C(F)(F)F)nc1-c1ccc(CNCCn2ccc(=O)[nH]c2=O)cc1. The highest BCUT2D eigenvalue weighted by Crippen LogP contribution is 2.32. The molecule has 7 nitrogen and oxygen atoms in total. The number of rotatable bonds is 7. The van der Waals surface area contributed by atoms with Gasteiger partial charge >= 0.3 is 11.9 Å². The molecule has 2 N–H and O–H groups in total. The third-order valence-electron chi connectivity index (χ3n) is 4.55. The fraction of sp³-hybridized carbons (Fsp3) is 0.350. The van der Waals surface area contributed by atoms with Crippen LogP contribution in [0.15, 0.2) is 52.3 Å². The zero-order valence-corrected chi connectivity index (χ0v) is 16.5. The average Bonchev–Trinajstić information content (AvgIpc) is 3.13. The Morgan fingerprint density at radius 3 is 2.43 bits per heavy atom. The quantitative estimate of drug-likeness (QED) is 0.575. The minimum absolute atomic E-state index is 0.165. The number of hydrogen-bond acceptors (Lipinski definition) is 4. The Hall–Kier alpha value is -3.14. The predicted molar refractivity (Wildman–Crippen MR) is 106 cm³/mol. The summed E-state index contributed by atoms with van der Waals surface area (Å²) in [6.45, 7) is 5.01. The molecule has 0 aliphatic rings. The van der Waals surface area contributed by atoms with Crippen LogP contribution in [0.4, 0.5) is 13.2 Å². The molecule has 0 amide bonds. The third kappa shape index (κ3) is 5.07. The number of halogens is 3. The fourth-order valence-electron chi connectivity index (χ4n) is 2.96. The van der Waals surface area contributed by atoms with Gasteiger partial charge in [-0.15, -0.1) is 0 Å². The van der Waals surface area contributed by atoms with Crippen LogP contribution in [0.5, 0.6) is 0 Å². The third-order valence-corrected chi connectivity index (χ3v) is 4.55. The lowest BCUT2D eigenvalue weighted by Gasteiger charge is -2.12. The first kappa shape index (κ1) is 21.6. The Kier molecular flexibility index (Phi) is 6.25. The maximum Gasteiger partial charge on any atom is 0.434 e. The second-order valence-electron chi connectivity index (χ2n) is 7.13. The highest BCUT2D eigenvalue weighted by molar-refractivity contribution is 5.57. The van der Waals surface area contributed by atoms with E-state index in [1.54, 1.807) is 26.0 Å². The van der Waals surface area contributed by atoms with Crippen molar-refractivity contribution in [3.05, 3.63) is 74.8 Å². The van der Waals surface area contributed by atoms with Crippen molar-refractivity contribution in [3.8, 4) is 11.4 Å². The van der Waals surface area contributed by atoms with Crippen LogP contribution in [0.25, 0.3) is 11.4 Å².